The third-order valence-corrected chi connectivity index (χ3v) is 4.67. The van der Waals surface area contributed by atoms with Gasteiger partial charge >= 0.3 is 0 Å². The summed E-state index contributed by atoms with van der Waals surface area (Å²) in [6, 6.07) is 2.27. The molecule has 1 aliphatic carbocycles. The Morgan fingerprint density at radius 1 is 1.50 bits per heavy atom. The highest BCUT2D eigenvalue weighted by Crippen LogP contribution is 2.31. The zero-order valence-corrected chi connectivity index (χ0v) is 11.6. The van der Waals surface area contributed by atoms with Gasteiger partial charge in [-0.15, -0.1) is 0 Å². The predicted molar refractivity (Wildman–Crippen MR) is 74.4 cm³/mol. The quantitative estimate of drug-likeness (QED) is 0.877. The smallest absolute Gasteiger partial charge is 0.255 e. The van der Waals surface area contributed by atoms with Gasteiger partial charge in [0.15, 0.2) is 0 Å². The van der Waals surface area contributed by atoms with Crippen LogP contribution in [0.5, 0.6) is 0 Å². The van der Waals surface area contributed by atoms with Crippen LogP contribution in [-0.4, -0.2) is 37.1 Å². The molecular weight excluding hydrogens is 270 g/mol. The number of nitrogens with one attached hydrogen (secondary N) is 1. The second-order valence-electron chi connectivity index (χ2n) is 4.39. The van der Waals surface area contributed by atoms with E-state index in [-0.39, 0.29) is 0 Å². The number of hydrogen-bond acceptors (Lipinski definition) is 5. The number of anilines is 1. The van der Waals surface area contributed by atoms with Crippen LogP contribution in [0.1, 0.15) is 19.3 Å². The molecule has 0 spiro atoms. The van der Waals surface area contributed by atoms with Crippen LogP contribution in [0, 0.1) is 0 Å². The van der Waals surface area contributed by atoms with Crippen molar-refractivity contribution >= 4 is 35.0 Å². The minimum Gasteiger partial charge on any atom is -0.366 e. The van der Waals surface area contributed by atoms with Crippen LogP contribution in [-0.2, 0) is 0 Å². The fourth-order valence-corrected chi connectivity index (χ4v) is 3.56. The third kappa shape index (κ3) is 2.14. The Bertz CT molecular complexity index is 557. The first kappa shape index (κ1) is 12.0. The van der Waals surface area contributed by atoms with Gasteiger partial charge in [0.25, 0.3) is 5.78 Å². The highest BCUT2D eigenvalue weighted by molar-refractivity contribution is 7.99. The lowest BCUT2D eigenvalue weighted by Crippen LogP contribution is -2.27. The summed E-state index contributed by atoms with van der Waals surface area (Å²) in [6.07, 6.45) is 7.36. The summed E-state index contributed by atoms with van der Waals surface area (Å²) in [5.41, 5.74) is 0. The maximum absolute atomic E-state index is 6.00. The molecule has 0 aromatic carbocycles. The molecule has 1 N–H and O–H groups in total. The molecule has 2 unspecified atom stereocenters. The molecule has 3 rings (SSSR count). The molecule has 2 atom stereocenters. The van der Waals surface area contributed by atoms with Crippen molar-refractivity contribution in [2.24, 2.45) is 0 Å². The summed E-state index contributed by atoms with van der Waals surface area (Å²) < 4.78 is 1.70. The van der Waals surface area contributed by atoms with Crippen molar-refractivity contribution in [3.8, 4) is 0 Å². The van der Waals surface area contributed by atoms with Crippen molar-refractivity contribution < 1.29 is 0 Å². The Morgan fingerprint density at radius 2 is 2.39 bits per heavy atom. The highest BCUT2D eigenvalue weighted by atomic mass is 35.5. The monoisotopic (exact) mass is 283 g/mol. The number of halogens is 1. The Morgan fingerprint density at radius 3 is 3.22 bits per heavy atom. The van der Waals surface area contributed by atoms with E-state index < -0.39 is 0 Å². The van der Waals surface area contributed by atoms with E-state index in [0.717, 1.165) is 5.82 Å². The topological polar surface area (TPSA) is 55.1 Å². The molecule has 5 nitrogen and oxygen atoms in total. The molecule has 0 radical (unpaired) electrons. The van der Waals surface area contributed by atoms with Gasteiger partial charge in [0.2, 0.25) is 0 Å². The van der Waals surface area contributed by atoms with Gasteiger partial charge in [-0.05, 0) is 19.1 Å². The van der Waals surface area contributed by atoms with Crippen LogP contribution in [0.4, 0.5) is 5.82 Å². The van der Waals surface area contributed by atoms with Crippen LogP contribution in [0.3, 0.4) is 0 Å². The van der Waals surface area contributed by atoms with Gasteiger partial charge in [-0.2, -0.15) is 31.3 Å². The molecule has 0 saturated heterocycles. The summed E-state index contributed by atoms with van der Waals surface area (Å²) in [5.74, 6) is 1.40. The maximum atomic E-state index is 6.00. The van der Waals surface area contributed by atoms with Gasteiger partial charge in [0.05, 0.1) is 0 Å². The summed E-state index contributed by atoms with van der Waals surface area (Å²) in [4.78, 5) is 8.18. The Kier molecular flexibility index (Phi) is 3.30. The fraction of sp³-hybridized carbons (Fsp3) is 0.545. The van der Waals surface area contributed by atoms with Crippen LogP contribution in [0.25, 0.3) is 5.78 Å². The largest absolute Gasteiger partial charge is 0.366 e. The first-order chi connectivity index (χ1) is 8.78. The molecular formula is C11H14ClN5S. The van der Waals surface area contributed by atoms with Gasteiger partial charge < -0.3 is 5.32 Å². The van der Waals surface area contributed by atoms with Crippen molar-refractivity contribution in [1.82, 2.24) is 19.6 Å². The molecule has 1 saturated carbocycles. The minimum absolute atomic E-state index is 0.441. The van der Waals surface area contributed by atoms with Crippen molar-refractivity contribution in [3.05, 3.63) is 17.5 Å². The van der Waals surface area contributed by atoms with Gasteiger partial charge in [0, 0.05) is 17.4 Å². The Labute approximate surface area is 114 Å². The van der Waals surface area contributed by atoms with Crippen molar-refractivity contribution in [1.29, 1.82) is 0 Å². The van der Waals surface area contributed by atoms with Crippen molar-refractivity contribution in [2.75, 3.05) is 11.6 Å². The average Bonchev–Trinajstić information content (AvgIpc) is 2.96. The van der Waals surface area contributed by atoms with E-state index in [1.54, 1.807) is 10.6 Å². The molecule has 96 valence electrons. The summed E-state index contributed by atoms with van der Waals surface area (Å²) in [6.45, 7) is 0. The molecule has 0 bridgehead atoms. The van der Waals surface area contributed by atoms with Gasteiger partial charge in [0.1, 0.15) is 17.3 Å². The molecule has 18 heavy (non-hydrogen) atoms. The lowest BCUT2D eigenvalue weighted by atomic mass is 10.2. The molecule has 1 fully saturated rings. The predicted octanol–water partition coefficient (Wildman–Crippen LogP) is 2.47. The second-order valence-corrected chi connectivity index (χ2v) is 5.86. The van der Waals surface area contributed by atoms with Gasteiger partial charge in [-0.25, -0.2) is 0 Å². The second kappa shape index (κ2) is 4.93. The SMILES string of the molecule is CSC1CCCC1Nc1cc(Cl)nc2ncnn12. The van der Waals surface area contributed by atoms with E-state index in [1.807, 2.05) is 11.8 Å². The van der Waals surface area contributed by atoms with Crippen LogP contribution >= 0.6 is 23.4 Å². The van der Waals surface area contributed by atoms with Crippen molar-refractivity contribution in [2.45, 2.75) is 30.6 Å². The molecule has 0 amide bonds. The van der Waals surface area contributed by atoms with E-state index in [2.05, 4.69) is 26.6 Å². The third-order valence-electron chi connectivity index (χ3n) is 3.31. The number of hydrogen-bond donors (Lipinski definition) is 1. The van der Waals surface area contributed by atoms with E-state index in [0.29, 0.717) is 22.2 Å². The first-order valence-electron chi connectivity index (χ1n) is 5.93. The van der Waals surface area contributed by atoms with Crippen LogP contribution in [0.2, 0.25) is 5.15 Å². The lowest BCUT2D eigenvalue weighted by Gasteiger charge is -2.20. The zero-order chi connectivity index (χ0) is 12.5. The Balaban J connectivity index is 1.92. The summed E-state index contributed by atoms with van der Waals surface area (Å²) in [7, 11) is 0. The van der Waals surface area contributed by atoms with Gasteiger partial charge in [-0.1, -0.05) is 18.0 Å². The molecule has 7 heteroatoms. The number of thioether (sulfide) groups is 1. The summed E-state index contributed by atoms with van der Waals surface area (Å²) >= 11 is 7.91. The standard InChI is InChI=1S/C11H14ClN5S/c1-18-8-4-2-3-7(8)15-10-5-9(12)16-11-13-6-14-17(10)11/h5-8,15H,2-4H2,1H3. The first-order valence-corrected chi connectivity index (χ1v) is 7.60. The molecule has 2 heterocycles. The average molecular weight is 284 g/mol. The molecule has 2 aromatic heterocycles. The number of fused-ring (bicyclic) bond motifs is 1. The molecule has 1 aliphatic rings. The Hall–Kier alpha value is -1.01. The fourth-order valence-electron chi connectivity index (χ4n) is 2.45. The van der Waals surface area contributed by atoms with E-state index in [4.69, 9.17) is 11.6 Å². The maximum Gasteiger partial charge on any atom is 0.255 e. The highest BCUT2D eigenvalue weighted by Gasteiger charge is 2.27. The molecule has 2 aromatic rings. The zero-order valence-electron chi connectivity index (χ0n) is 10.0. The lowest BCUT2D eigenvalue weighted by molar-refractivity contribution is 0.752. The van der Waals surface area contributed by atoms with E-state index >= 15 is 0 Å². The minimum atomic E-state index is 0.441. The van der Waals surface area contributed by atoms with Crippen LogP contribution < -0.4 is 5.32 Å². The van der Waals surface area contributed by atoms with Gasteiger partial charge in [-0.3, -0.25) is 0 Å². The summed E-state index contributed by atoms with van der Waals surface area (Å²) in [5, 5.41) is 8.78. The number of aromatic nitrogens is 4. The van der Waals surface area contributed by atoms with E-state index in [9.17, 15) is 0 Å². The van der Waals surface area contributed by atoms with E-state index in [1.165, 1.54) is 25.6 Å². The molecule has 0 aliphatic heterocycles. The number of nitrogens with zero attached hydrogens (tertiary/aromatic N) is 4. The van der Waals surface area contributed by atoms with Crippen molar-refractivity contribution in [3.63, 3.8) is 0 Å². The number of rotatable bonds is 3. The van der Waals surface area contributed by atoms with Crippen LogP contribution in [0.15, 0.2) is 12.4 Å². The normalized spacial score (nSPS) is 23.7.